The van der Waals surface area contributed by atoms with Crippen LogP contribution in [0, 0.1) is 11.8 Å². The minimum Gasteiger partial charge on any atom is -0.303 e. The number of benzene rings is 1. The molecule has 1 heteroatoms. The Morgan fingerprint density at radius 3 is 1.87 bits per heavy atom. The van der Waals surface area contributed by atoms with Crippen LogP contribution in [0.15, 0.2) is 30.3 Å². The van der Waals surface area contributed by atoms with Crippen molar-refractivity contribution in [2.24, 2.45) is 11.8 Å². The van der Waals surface area contributed by atoms with E-state index in [0.29, 0.717) is 0 Å². The van der Waals surface area contributed by atoms with Gasteiger partial charge in [0.25, 0.3) is 0 Å². The van der Waals surface area contributed by atoms with Gasteiger partial charge in [-0.25, -0.2) is 0 Å². The molecule has 84 valence electrons. The first-order valence-electron chi connectivity index (χ1n) is 5.55. The lowest BCUT2D eigenvalue weighted by atomic mass is 10.0. The average Bonchev–Trinajstić information content (AvgIpc) is 2.19. The Hall–Kier alpha value is -1.11. The molecule has 15 heavy (non-hydrogen) atoms. The van der Waals surface area contributed by atoms with Crippen molar-refractivity contribution in [3.05, 3.63) is 35.9 Å². The van der Waals surface area contributed by atoms with Gasteiger partial charge in [-0.3, -0.25) is 0 Å². The SMILES string of the molecule is CC(C)C=O.CC(C)Cc1ccccc1. The van der Waals surface area contributed by atoms with E-state index in [9.17, 15) is 4.79 Å². The van der Waals surface area contributed by atoms with Gasteiger partial charge in [-0.2, -0.15) is 0 Å². The molecule has 1 nitrogen and oxygen atoms in total. The molecule has 0 aromatic heterocycles. The second-order valence-electron chi connectivity index (χ2n) is 4.46. The van der Waals surface area contributed by atoms with Crippen LogP contribution in [0.2, 0.25) is 0 Å². The molecular formula is C14H22O. The third-order valence-electron chi connectivity index (χ3n) is 1.76. The summed E-state index contributed by atoms with van der Waals surface area (Å²) in [6.07, 6.45) is 2.11. The molecule has 0 saturated carbocycles. The van der Waals surface area contributed by atoms with E-state index >= 15 is 0 Å². The zero-order valence-corrected chi connectivity index (χ0v) is 10.2. The van der Waals surface area contributed by atoms with Crippen LogP contribution in [-0.2, 0) is 11.2 Å². The molecule has 0 atom stereocenters. The van der Waals surface area contributed by atoms with E-state index in [1.807, 2.05) is 13.8 Å². The fraction of sp³-hybridized carbons (Fsp3) is 0.500. The summed E-state index contributed by atoms with van der Waals surface area (Å²) in [7, 11) is 0. The van der Waals surface area contributed by atoms with Gasteiger partial charge in [-0.1, -0.05) is 58.0 Å². The first kappa shape index (κ1) is 13.9. The number of carbonyl (C=O) groups excluding carboxylic acids is 1. The van der Waals surface area contributed by atoms with Gasteiger partial charge >= 0.3 is 0 Å². The summed E-state index contributed by atoms with van der Waals surface area (Å²) >= 11 is 0. The van der Waals surface area contributed by atoms with Gasteiger partial charge in [0.05, 0.1) is 0 Å². The maximum Gasteiger partial charge on any atom is 0.122 e. The van der Waals surface area contributed by atoms with E-state index in [4.69, 9.17) is 0 Å². The number of hydrogen-bond acceptors (Lipinski definition) is 1. The molecule has 0 heterocycles. The van der Waals surface area contributed by atoms with Crippen LogP contribution < -0.4 is 0 Å². The van der Waals surface area contributed by atoms with Crippen molar-refractivity contribution in [3.63, 3.8) is 0 Å². The van der Waals surface area contributed by atoms with Crippen LogP contribution in [-0.4, -0.2) is 6.29 Å². The largest absolute Gasteiger partial charge is 0.303 e. The van der Waals surface area contributed by atoms with E-state index < -0.39 is 0 Å². The lowest BCUT2D eigenvalue weighted by Gasteiger charge is -2.02. The third-order valence-corrected chi connectivity index (χ3v) is 1.76. The Balaban J connectivity index is 0.000000336. The first-order chi connectivity index (χ1) is 7.06. The summed E-state index contributed by atoms with van der Waals surface area (Å²) in [5, 5.41) is 0. The normalized spacial score (nSPS) is 9.73. The second-order valence-corrected chi connectivity index (χ2v) is 4.46. The first-order valence-corrected chi connectivity index (χ1v) is 5.55. The lowest BCUT2D eigenvalue weighted by molar-refractivity contribution is -0.110. The number of hydrogen-bond donors (Lipinski definition) is 0. The molecule has 1 rings (SSSR count). The lowest BCUT2D eigenvalue weighted by Crippen LogP contribution is -1.92. The van der Waals surface area contributed by atoms with Crippen molar-refractivity contribution in [3.8, 4) is 0 Å². The van der Waals surface area contributed by atoms with E-state index in [0.717, 1.165) is 12.2 Å². The summed E-state index contributed by atoms with van der Waals surface area (Å²) in [5.41, 5.74) is 1.44. The Morgan fingerprint density at radius 1 is 1.07 bits per heavy atom. The van der Waals surface area contributed by atoms with E-state index in [2.05, 4.69) is 44.2 Å². The highest BCUT2D eigenvalue weighted by Crippen LogP contribution is 2.05. The van der Waals surface area contributed by atoms with Crippen molar-refractivity contribution in [1.29, 1.82) is 0 Å². The zero-order valence-electron chi connectivity index (χ0n) is 10.2. The topological polar surface area (TPSA) is 17.1 Å². The van der Waals surface area contributed by atoms with Crippen molar-refractivity contribution in [1.82, 2.24) is 0 Å². The van der Waals surface area contributed by atoms with Crippen molar-refractivity contribution < 1.29 is 4.79 Å². The molecule has 1 aromatic carbocycles. The van der Waals surface area contributed by atoms with Crippen LogP contribution >= 0.6 is 0 Å². The standard InChI is InChI=1S/C10H14.C4H8O/c1-9(2)8-10-6-4-3-5-7-10;1-4(2)3-5/h3-7,9H,8H2,1-2H3;3-4H,1-2H3. The monoisotopic (exact) mass is 206 g/mol. The summed E-state index contributed by atoms with van der Waals surface area (Å²) in [4.78, 5) is 9.50. The summed E-state index contributed by atoms with van der Waals surface area (Å²) in [6, 6.07) is 10.6. The highest BCUT2D eigenvalue weighted by molar-refractivity contribution is 5.51. The minimum absolute atomic E-state index is 0.204. The minimum atomic E-state index is 0.204. The van der Waals surface area contributed by atoms with Gasteiger partial charge in [-0.05, 0) is 17.9 Å². The Morgan fingerprint density at radius 2 is 1.53 bits per heavy atom. The number of carbonyl (C=O) groups is 1. The molecule has 0 radical (unpaired) electrons. The maximum absolute atomic E-state index is 9.50. The van der Waals surface area contributed by atoms with Crippen molar-refractivity contribution in [2.75, 3.05) is 0 Å². The van der Waals surface area contributed by atoms with Crippen LogP contribution in [0.3, 0.4) is 0 Å². The molecule has 0 amide bonds. The van der Waals surface area contributed by atoms with Gasteiger partial charge < -0.3 is 4.79 Å². The van der Waals surface area contributed by atoms with Crippen LogP contribution in [0.4, 0.5) is 0 Å². The van der Waals surface area contributed by atoms with Crippen LogP contribution in [0.1, 0.15) is 33.3 Å². The van der Waals surface area contributed by atoms with E-state index in [1.54, 1.807) is 0 Å². The van der Waals surface area contributed by atoms with Gasteiger partial charge in [0.1, 0.15) is 6.29 Å². The fourth-order valence-corrected chi connectivity index (χ4v) is 1.09. The number of aldehydes is 1. The quantitative estimate of drug-likeness (QED) is 0.689. The smallest absolute Gasteiger partial charge is 0.122 e. The fourth-order valence-electron chi connectivity index (χ4n) is 1.09. The maximum atomic E-state index is 9.50. The van der Waals surface area contributed by atoms with Crippen molar-refractivity contribution in [2.45, 2.75) is 34.1 Å². The Kier molecular flexibility index (Phi) is 7.61. The van der Waals surface area contributed by atoms with Gasteiger partial charge in [-0.15, -0.1) is 0 Å². The Bertz CT molecular complexity index is 249. The molecule has 0 aliphatic heterocycles. The molecule has 0 aliphatic carbocycles. The average molecular weight is 206 g/mol. The van der Waals surface area contributed by atoms with Crippen LogP contribution in [0.25, 0.3) is 0 Å². The highest BCUT2D eigenvalue weighted by Gasteiger charge is 1.94. The molecule has 0 bridgehead atoms. The van der Waals surface area contributed by atoms with E-state index in [1.165, 1.54) is 12.0 Å². The molecule has 1 aromatic rings. The molecule has 0 aliphatic rings. The zero-order chi connectivity index (χ0) is 11.7. The van der Waals surface area contributed by atoms with Crippen LogP contribution in [0.5, 0.6) is 0 Å². The van der Waals surface area contributed by atoms with E-state index in [-0.39, 0.29) is 5.92 Å². The summed E-state index contributed by atoms with van der Waals surface area (Å²) in [5.74, 6) is 0.970. The molecular weight excluding hydrogens is 184 g/mol. The summed E-state index contributed by atoms with van der Waals surface area (Å²) in [6.45, 7) is 8.19. The second kappa shape index (κ2) is 8.22. The van der Waals surface area contributed by atoms with Crippen molar-refractivity contribution >= 4 is 6.29 Å². The highest BCUT2D eigenvalue weighted by atomic mass is 16.1. The molecule has 0 saturated heterocycles. The predicted octanol–water partition coefficient (Wildman–Crippen LogP) is 3.73. The molecule has 0 N–H and O–H groups in total. The predicted molar refractivity (Wildman–Crippen MR) is 65.9 cm³/mol. The molecule has 0 unspecified atom stereocenters. The van der Waals surface area contributed by atoms with Gasteiger partial charge in [0.15, 0.2) is 0 Å². The summed E-state index contributed by atoms with van der Waals surface area (Å²) < 4.78 is 0. The van der Waals surface area contributed by atoms with Gasteiger partial charge in [0.2, 0.25) is 0 Å². The number of rotatable bonds is 3. The third kappa shape index (κ3) is 9.20. The molecule has 0 spiro atoms. The Labute approximate surface area is 93.5 Å². The molecule has 0 fully saturated rings. The van der Waals surface area contributed by atoms with Gasteiger partial charge in [0, 0.05) is 5.92 Å².